The van der Waals surface area contributed by atoms with Gasteiger partial charge in [-0.3, -0.25) is 4.90 Å². The molecule has 1 aromatic heterocycles. The number of halogens is 2. The van der Waals surface area contributed by atoms with Crippen LogP contribution in [0.25, 0.3) is 0 Å². The van der Waals surface area contributed by atoms with Crippen LogP contribution in [0.1, 0.15) is 55.1 Å². The number of aryl methyl sites for hydroxylation is 1. The van der Waals surface area contributed by atoms with E-state index in [1.807, 2.05) is 12.3 Å². The topological polar surface area (TPSA) is 32.3 Å². The van der Waals surface area contributed by atoms with E-state index in [9.17, 15) is 8.78 Å². The molecule has 29 heavy (non-hydrogen) atoms. The summed E-state index contributed by atoms with van der Waals surface area (Å²) in [4.78, 5) is 14.1. The average Bonchev–Trinajstić information content (AvgIpc) is 3.22. The van der Waals surface area contributed by atoms with Gasteiger partial charge in [0.15, 0.2) is 0 Å². The van der Waals surface area contributed by atoms with Crippen LogP contribution in [0.15, 0.2) is 30.5 Å². The van der Waals surface area contributed by atoms with Gasteiger partial charge in [-0.1, -0.05) is 0 Å². The van der Waals surface area contributed by atoms with E-state index in [4.69, 9.17) is 4.98 Å². The van der Waals surface area contributed by atoms with Crippen molar-refractivity contribution in [3.05, 3.63) is 59.2 Å². The van der Waals surface area contributed by atoms with Gasteiger partial charge in [0.25, 0.3) is 0 Å². The minimum absolute atomic E-state index is 0.441. The van der Waals surface area contributed by atoms with Gasteiger partial charge < -0.3 is 4.90 Å². The van der Waals surface area contributed by atoms with Gasteiger partial charge in [-0.15, -0.1) is 0 Å². The second-order valence-electron chi connectivity index (χ2n) is 8.38. The molecular formula is C23H30F2N4. The number of rotatable bonds is 7. The number of likely N-dealkylation sites (tertiary alicyclic amines) is 2. The molecule has 0 aliphatic carbocycles. The quantitative estimate of drug-likeness (QED) is 0.699. The van der Waals surface area contributed by atoms with Crippen LogP contribution in [0.5, 0.6) is 0 Å². The maximum atomic E-state index is 13.4. The molecule has 0 N–H and O–H groups in total. The highest BCUT2D eigenvalue weighted by Crippen LogP contribution is 2.27. The number of aromatic nitrogens is 2. The van der Waals surface area contributed by atoms with Gasteiger partial charge in [-0.2, -0.15) is 0 Å². The standard InChI is InChI=1S/C23H30F2N4/c24-20-14-18(15-21(25)16-20)17-29-12-6-19(7-13-29)22-5-8-26-23(27-22)4-3-11-28-9-1-2-10-28/h5,8,14-16,19H,1-4,6-7,9-13,17H2. The number of nitrogens with zero attached hydrogens (tertiary/aromatic N) is 4. The molecular weight excluding hydrogens is 370 g/mol. The molecule has 0 spiro atoms. The molecule has 2 fully saturated rings. The van der Waals surface area contributed by atoms with E-state index >= 15 is 0 Å². The molecule has 1 aromatic carbocycles. The molecule has 0 atom stereocenters. The third kappa shape index (κ3) is 5.80. The number of hydrogen-bond acceptors (Lipinski definition) is 4. The van der Waals surface area contributed by atoms with Gasteiger partial charge in [0, 0.05) is 36.8 Å². The molecule has 0 amide bonds. The van der Waals surface area contributed by atoms with Crippen LogP contribution < -0.4 is 0 Å². The molecule has 0 radical (unpaired) electrons. The van der Waals surface area contributed by atoms with Crippen molar-refractivity contribution in [2.45, 2.75) is 51.0 Å². The van der Waals surface area contributed by atoms with Crippen LogP contribution in [-0.2, 0) is 13.0 Å². The monoisotopic (exact) mass is 400 g/mol. The lowest BCUT2D eigenvalue weighted by atomic mass is 9.93. The number of hydrogen-bond donors (Lipinski definition) is 0. The van der Waals surface area contributed by atoms with E-state index in [1.165, 1.54) is 38.1 Å². The summed E-state index contributed by atoms with van der Waals surface area (Å²) in [5.41, 5.74) is 1.84. The Balaban J connectivity index is 1.26. The van der Waals surface area contributed by atoms with Crippen molar-refractivity contribution in [2.75, 3.05) is 32.7 Å². The molecule has 0 saturated carbocycles. The van der Waals surface area contributed by atoms with E-state index in [0.29, 0.717) is 18.0 Å². The molecule has 2 saturated heterocycles. The molecule has 4 rings (SSSR count). The van der Waals surface area contributed by atoms with Gasteiger partial charge >= 0.3 is 0 Å². The molecule has 2 aliphatic heterocycles. The summed E-state index contributed by atoms with van der Waals surface area (Å²) >= 11 is 0. The van der Waals surface area contributed by atoms with Crippen molar-refractivity contribution in [1.82, 2.24) is 19.8 Å². The third-order valence-electron chi connectivity index (χ3n) is 6.13. The Morgan fingerprint density at radius 3 is 2.38 bits per heavy atom. The van der Waals surface area contributed by atoms with Crippen molar-refractivity contribution in [3.8, 4) is 0 Å². The van der Waals surface area contributed by atoms with Gasteiger partial charge in [0.2, 0.25) is 0 Å². The van der Waals surface area contributed by atoms with Crippen molar-refractivity contribution in [2.24, 2.45) is 0 Å². The summed E-state index contributed by atoms with van der Waals surface area (Å²) in [6.45, 7) is 6.04. The average molecular weight is 401 g/mol. The Bertz CT molecular complexity index is 779. The maximum Gasteiger partial charge on any atom is 0.128 e. The summed E-state index contributed by atoms with van der Waals surface area (Å²) in [5, 5.41) is 0. The first-order chi connectivity index (χ1) is 14.2. The molecule has 2 aromatic rings. The second kappa shape index (κ2) is 9.72. The Morgan fingerprint density at radius 1 is 0.931 bits per heavy atom. The number of piperidine rings is 1. The SMILES string of the molecule is Fc1cc(F)cc(CN2CCC(c3ccnc(CCCN4CCCC4)n3)CC2)c1. The van der Waals surface area contributed by atoms with Crippen molar-refractivity contribution >= 4 is 0 Å². The van der Waals surface area contributed by atoms with E-state index in [2.05, 4.69) is 14.8 Å². The zero-order chi connectivity index (χ0) is 20.1. The number of benzene rings is 1. The van der Waals surface area contributed by atoms with Crippen molar-refractivity contribution in [3.63, 3.8) is 0 Å². The van der Waals surface area contributed by atoms with E-state index < -0.39 is 11.6 Å². The largest absolute Gasteiger partial charge is 0.303 e. The summed E-state index contributed by atoms with van der Waals surface area (Å²) in [5.74, 6) is 0.386. The van der Waals surface area contributed by atoms with Crippen molar-refractivity contribution < 1.29 is 8.78 Å². The normalized spacial score (nSPS) is 19.1. The smallest absolute Gasteiger partial charge is 0.128 e. The lowest BCUT2D eigenvalue weighted by Crippen LogP contribution is -2.32. The Labute approximate surface area is 172 Å². The fraction of sp³-hybridized carbons (Fsp3) is 0.565. The van der Waals surface area contributed by atoms with Crippen LogP contribution >= 0.6 is 0 Å². The lowest BCUT2D eigenvalue weighted by molar-refractivity contribution is 0.202. The first-order valence-electron chi connectivity index (χ1n) is 10.9. The van der Waals surface area contributed by atoms with Crippen LogP contribution in [0.2, 0.25) is 0 Å². The fourth-order valence-corrected chi connectivity index (χ4v) is 4.58. The molecule has 2 aliphatic rings. The summed E-state index contributed by atoms with van der Waals surface area (Å²) in [6.07, 6.45) is 8.65. The fourth-order valence-electron chi connectivity index (χ4n) is 4.58. The zero-order valence-corrected chi connectivity index (χ0v) is 17.0. The summed E-state index contributed by atoms with van der Waals surface area (Å²) in [6, 6.07) is 5.82. The van der Waals surface area contributed by atoms with Gasteiger partial charge in [-0.25, -0.2) is 18.7 Å². The zero-order valence-electron chi connectivity index (χ0n) is 17.0. The Hall–Kier alpha value is -1.92. The summed E-state index contributed by atoms with van der Waals surface area (Å²) in [7, 11) is 0. The predicted molar refractivity (Wildman–Crippen MR) is 110 cm³/mol. The minimum atomic E-state index is -0.506. The molecule has 0 bridgehead atoms. The van der Waals surface area contributed by atoms with Crippen LogP contribution in [0.3, 0.4) is 0 Å². The van der Waals surface area contributed by atoms with Gasteiger partial charge in [0.05, 0.1) is 0 Å². The van der Waals surface area contributed by atoms with E-state index in [0.717, 1.165) is 62.9 Å². The van der Waals surface area contributed by atoms with Crippen LogP contribution in [0, 0.1) is 11.6 Å². The second-order valence-corrected chi connectivity index (χ2v) is 8.38. The first kappa shape index (κ1) is 20.4. The van der Waals surface area contributed by atoms with Crippen LogP contribution in [0.4, 0.5) is 8.78 Å². The molecule has 156 valence electrons. The Kier molecular flexibility index (Phi) is 6.82. The van der Waals surface area contributed by atoms with Gasteiger partial charge in [-0.05, 0) is 88.6 Å². The predicted octanol–water partition coefficient (Wildman–Crippen LogP) is 4.16. The summed E-state index contributed by atoms with van der Waals surface area (Å²) < 4.78 is 26.8. The van der Waals surface area contributed by atoms with Gasteiger partial charge in [0.1, 0.15) is 17.5 Å². The maximum absolute atomic E-state index is 13.4. The van der Waals surface area contributed by atoms with E-state index in [1.54, 1.807) is 0 Å². The molecule has 6 heteroatoms. The van der Waals surface area contributed by atoms with Crippen molar-refractivity contribution in [1.29, 1.82) is 0 Å². The lowest BCUT2D eigenvalue weighted by Gasteiger charge is -2.31. The minimum Gasteiger partial charge on any atom is -0.303 e. The molecule has 0 unspecified atom stereocenters. The molecule has 4 nitrogen and oxygen atoms in total. The van der Waals surface area contributed by atoms with Crippen LogP contribution in [-0.4, -0.2) is 52.5 Å². The third-order valence-corrected chi connectivity index (χ3v) is 6.13. The Morgan fingerprint density at radius 2 is 1.66 bits per heavy atom. The highest BCUT2D eigenvalue weighted by molar-refractivity contribution is 5.18. The molecule has 3 heterocycles. The highest BCUT2D eigenvalue weighted by Gasteiger charge is 2.22. The highest BCUT2D eigenvalue weighted by atomic mass is 19.1. The van der Waals surface area contributed by atoms with E-state index in [-0.39, 0.29) is 0 Å². The first-order valence-corrected chi connectivity index (χ1v) is 10.9.